The highest BCUT2D eigenvalue weighted by molar-refractivity contribution is 5.90. The van der Waals surface area contributed by atoms with Crippen LogP contribution in [0.15, 0.2) is 36.4 Å². The van der Waals surface area contributed by atoms with Crippen LogP contribution in [0.25, 0.3) is 0 Å². The molecule has 2 rings (SSSR count). The normalized spacial score (nSPS) is 12.1. The predicted octanol–water partition coefficient (Wildman–Crippen LogP) is 4.97. The van der Waals surface area contributed by atoms with Gasteiger partial charge in [0.05, 0.1) is 12.2 Å². The summed E-state index contributed by atoms with van der Waals surface area (Å²) < 4.78 is 5.49. The highest BCUT2D eigenvalue weighted by atomic mass is 16.5. The van der Waals surface area contributed by atoms with Crippen LogP contribution in [0.2, 0.25) is 0 Å². The van der Waals surface area contributed by atoms with Crippen molar-refractivity contribution >= 4 is 11.7 Å². The van der Waals surface area contributed by atoms with Crippen molar-refractivity contribution in [2.24, 2.45) is 0 Å². The van der Waals surface area contributed by atoms with Gasteiger partial charge in [0, 0.05) is 23.2 Å². The maximum atomic E-state index is 12.6. The lowest BCUT2D eigenvalue weighted by Crippen LogP contribution is -2.19. The Morgan fingerprint density at radius 1 is 0.963 bits per heavy atom. The molecule has 0 spiro atoms. The minimum absolute atomic E-state index is 0.258. The minimum Gasteiger partial charge on any atom is -0.507 e. The van der Waals surface area contributed by atoms with Crippen LogP contribution in [0.3, 0.4) is 0 Å². The molecule has 0 saturated heterocycles. The van der Waals surface area contributed by atoms with Crippen LogP contribution in [0.5, 0.6) is 5.75 Å². The fourth-order valence-corrected chi connectivity index (χ4v) is 2.92. The zero-order valence-corrected chi connectivity index (χ0v) is 17.2. The molecule has 0 aliphatic heterocycles. The Labute approximate surface area is 162 Å². The lowest BCUT2D eigenvalue weighted by Gasteiger charge is -2.28. The molecular weight excluding hydrogens is 338 g/mol. The second-order valence-corrected chi connectivity index (χ2v) is 9.05. The van der Waals surface area contributed by atoms with Gasteiger partial charge in [-0.25, -0.2) is 4.79 Å². The van der Waals surface area contributed by atoms with Crippen molar-refractivity contribution in [1.29, 1.82) is 0 Å². The van der Waals surface area contributed by atoms with Gasteiger partial charge in [-0.15, -0.1) is 0 Å². The smallest absolute Gasteiger partial charge is 0.338 e. The molecule has 0 aliphatic rings. The van der Waals surface area contributed by atoms with Crippen LogP contribution < -0.4 is 5.73 Å². The Balaban J connectivity index is 2.23. The molecule has 0 unspecified atom stereocenters. The van der Waals surface area contributed by atoms with Gasteiger partial charge in [-0.3, -0.25) is 0 Å². The maximum Gasteiger partial charge on any atom is 0.338 e. The molecule has 0 heterocycles. The van der Waals surface area contributed by atoms with Gasteiger partial charge in [0.25, 0.3) is 0 Å². The summed E-state index contributed by atoms with van der Waals surface area (Å²) in [7, 11) is 0. The van der Waals surface area contributed by atoms with E-state index in [4.69, 9.17) is 10.5 Å². The number of anilines is 1. The first-order chi connectivity index (χ1) is 12.4. The molecule has 0 fully saturated rings. The van der Waals surface area contributed by atoms with Crippen LogP contribution in [0.4, 0.5) is 5.69 Å². The standard InChI is InChI=1S/C23H31NO3/c1-22(2,3)18-13-16(14-19(20(18)25)23(4,5)6)21(26)27-12-11-15-7-9-17(24)10-8-15/h7-10,13-14,25H,11-12,24H2,1-6H3. The third-order valence-electron chi connectivity index (χ3n) is 4.57. The van der Waals surface area contributed by atoms with Crippen molar-refractivity contribution < 1.29 is 14.6 Å². The van der Waals surface area contributed by atoms with Gasteiger partial charge < -0.3 is 15.6 Å². The molecule has 27 heavy (non-hydrogen) atoms. The Morgan fingerprint density at radius 2 is 1.44 bits per heavy atom. The zero-order chi connectivity index (χ0) is 20.4. The van der Waals surface area contributed by atoms with Crippen LogP contribution in [0, 0.1) is 0 Å². The van der Waals surface area contributed by atoms with Crippen molar-refractivity contribution in [2.45, 2.75) is 58.8 Å². The average molecular weight is 370 g/mol. The average Bonchev–Trinajstić information content (AvgIpc) is 2.54. The van der Waals surface area contributed by atoms with E-state index < -0.39 is 0 Å². The number of hydrogen-bond acceptors (Lipinski definition) is 4. The molecule has 4 heteroatoms. The van der Waals surface area contributed by atoms with E-state index in [-0.39, 0.29) is 22.5 Å². The first kappa shape index (κ1) is 20.8. The lowest BCUT2D eigenvalue weighted by atomic mass is 9.78. The summed E-state index contributed by atoms with van der Waals surface area (Å²) in [6.45, 7) is 12.4. The molecule has 0 bridgehead atoms. The summed E-state index contributed by atoms with van der Waals surface area (Å²) in [6, 6.07) is 11.0. The number of hydrogen-bond donors (Lipinski definition) is 2. The second kappa shape index (κ2) is 7.63. The zero-order valence-electron chi connectivity index (χ0n) is 17.2. The molecule has 146 valence electrons. The predicted molar refractivity (Wildman–Crippen MR) is 110 cm³/mol. The largest absolute Gasteiger partial charge is 0.507 e. The summed E-state index contributed by atoms with van der Waals surface area (Å²) >= 11 is 0. The number of phenolic OH excluding ortho intramolecular Hbond substituents is 1. The Bertz CT molecular complexity index is 774. The van der Waals surface area contributed by atoms with E-state index >= 15 is 0 Å². The van der Waals surface area contributed by atoms with E-state index in [1.807, 2.05) is 65.8 Å². The molecule has 4 nitrogen and oxygen atoms in total. The fourth-order valence-electron chi connectivity index (χ4n) is 2.92. The van der Waals surface area contributed by atoms with E-state index in [0.29, 0.717) is 24.3 Å². The summed E-state index contributed by atoms with van der Waals surface area (Å²) in [5, 5.41) is 10.8. The number of nitrogen functional groups attached to an aromatic ring is 1. The van der Waals surface area contributed by atoms with Gasteiger partial charge in [-0.2, -0.15) is 0 Å². The van der Waals surface area contributed by atoms with E-state index in [0.717, 1.165) is 16.7 Å². The molecular formula is C23H31NO3. The summed E-state index contributed by atoms with van der Waals surface area (Å²) in [6.07, 6.45) is 0.627. The molecule has 2 aromatic rings. The van der Waals surface area contributed by atoms with Crippen LogP contribution in [-0.4, -0.2) is 17.7 Å². The topological polar surface area (TPSA) is 72.5 Å². The van der Waals surface area contributed by atoms with E-state index in [9.17, 15) is 9.90 Å². The summed E-state index contributed by atoms with van der Waals surface area (Å²) in [4.78, 5) is 12.6. The highest BCUT2D eigenvalue weighted by Gasteiger charge is 2.28. The van der Waals surface area contributed by atoms with Crippen molar-refractivity contribution in [3.63, 3.8) is 0 Å². The Kier molecular flexibility index (Phi) is 5.88. The third kappa shape index (κ3) is 5.25. The van der Waals surface area contributed by atoms with Crippen molar-refractivity contribution in [2.75, 3.05) is 12.3 Å². The maximum absolute atomic E-state index is 12.6. The van der Waals surface area contributed by atoms with Gasteiger partial charge >= 0.3 is 5.97 Å². The highest BCUT2D eigenvalue weighted by Crippen LogP contribution is 2.39. The van der Waals surface area contributed by atoms with Crippen LogP contribution in [0.1, 0.15) is 68.6 Å². The van der Waals surface area contributed by atoms with Gasteiger partial charge in [0.1, 0.15) is 5.75 Å². The number of aromatic hydroxyl groups is 1. The summed E-state index contributed by atoms with van der Waals surface area (Å²) in [5.74, 6) is -0.116. The quantitative estimate of drug-likeness (QED) is 0.589. The first-order valence-electron chi connectivity index (χ1n) is 9.29. The molecule has 0 radical (unpaired) electrons. The number of ether oxygens (including phenoxy) is 1. The molecule has 0 aromatic heterocycles. The van der Waals surface area contributed by atoms with Gasteiger partial charge in [0.2, 0.25) is 0 Å². The van der Waals surface area contributed by atoms with Crippen molar-refractivity contribution in [1.82, 2.24) is 0 Å². The van der Waals surface area contributed by atoms with Gasteiger partial charge in [-0.05, 0) is 40.7 Å². The number of carbonyl (C=O) groups excluding carboxylic acids is 1. The second-order valence-electron chi connectivity index (χ2n) is 9.05. The molecule has 0 amide bonds. The van der Waals surface area contributed by atoms with E-state index in [1.165, 1.54) is 0 Å². The van der Waals surface area contributed by atoms with Crippen molar-refractivity contribution in [3.05, 3.63) is 58.7 Å². The molecule has 2 aromatic carbocycles. The molecule has 3 N–H and O–H groups in total. The number of phenols is 1. The lowest BCUT2D eigenvalue weighted by molar-refractivity contribution is 0.0509. The first-order valence-corrected chi connectivity index (χ1v) is 9.29. The van der Waals surface area contributed by atoms with Crippen molar-refractivity contribution in [3.8, 4) is 5.75 Å². The Morgan fingerprint density at radius 3 is 1.89 bits per heavy atom. The number of carbonyl (C=O) groups is 1. The van der Waals surface area contributed by atoms with Crippen LogP contribution in [-0.2, 0) is 22.0 Å². The number of benzene rings is 2. The minimum atomic E-state index is -0.374. The number of esters is 1. The van der Waals surface area contributed by atoms with E-state index in [1.54, 1.807) is 12.1 Å². The number of rotatable bonds is 4. The van der Waals surface area contributed by atoms with Gasteiger partial charge in [-0.1, -0.05) is 53.7 Å². The molecule has 0 aliphatic carbocycles. The van der Waals surface area contributed by atoms with Gasteiger partial charge in [0.15, 0.2) is 0 Å². The number of nitrogens with two attached hydrogens (primary N) is 1. The third-order valence-corrected chi connectivity index (χ3v) is 4.57. The SMILES string of the molecule is CC(C)(C)c1cc(C(=O)OCCc2ccc(N)cc2)cc(C(C)(C)C)c1O. The van der Waals surface area contributed by atoms with Crippen LogP contribution >= 0.6 is 0 Å². The fraction of sp³-hybridized carbons (Fsp3) is 0.435. The monoisotopic (exact) mass is 369 g/mol. The molecule has 0 atom stereocenters. The Hall–Kier alpha value is -2.49. The van der Waals surface area contributed by atoms with E-state index in [2.05, 4.69) is 0 Å². The summed E-state index contributed by atoms with van der Waals surface area (Å²) in [5.41, 5.74) is 8.86. The molecule has 0 saturated carbocycles.